The van der Waals surface area contributed by atoms with Crippen LogP contribution in [0.2, 0.25) is 0 Å². The Hall–Kier alpha value is -0.280. The molecule has 1 N–H and O–H groups in total. The summed E-state index contributed by atoms with van der Waals surface area (Å²) in [5.74, 6) is 1.04. The van der Waals surface area contributed by atoms with Crippen molar-refractivity contribution in [3.63, 3.8) is 0 Å². The molecule has 1 aliphatic heterocycles. The molecule has 0 aromatic carbocycles. The van der Waals surface area contributed by atoms with Crippen molar-refractivity contribution in [1.29, 1.82) is 0 Å². The molecule has 0 radical (unpaired) electrons. The minimum atomic E-state index is -0.431. The summed E-state index contributed by atoms with van der Waals surface area (Å²) in [5, 5.41) is 10.2. The largest absolute Gasteiger partial charge is 0.390 e. The summed E-state index contributed by atoms with van der Waals surface area (Å²) in [6.07, 6.45) is 4.74. The average molecular weight is 282 g/mol. The van der Waals surface area contributed by atoms with Crippen molar-refractivity contribution in [2.75, 3.05) is 0 Å². The van der Waals surface area contributed by atoms with Gasteiger partial charge in [-0.3, -0.25) is 4.79 Å². The number of carbonyl (C=O) groups is 1. The summed E-state index contributed by atoms with van der Waals surface area (Å²) in [6, 6.07) is 0. The van der Waals surface area contributed by atoms with Gasteiger partial charge in [-0.1, -0.05) is 5.57 Å². The molecular weight excluding hydrogens is 263 g/mol. The first-order chi connectivity index (χ1) is 9.25. The van der Waals surface area contributed by atoms with Crippen LogP contribution in [0.25, 0.3) is 0 Å². The molecule has 6 unspecified atom stereocenters. The summed E-state index contributed by atoms with van der Waals surface area (Å²) >= 11 is 0. The monoisotopic (exact) mass is 282 g/mol. The third kappa shape index (κ3) is 1.84. The number of aliphatic hydroxyl groups is 1. The van der Waals surface area contributed by atoms with E-state index in [-0.39, 0.29) is 21.2 Å². The normalized spacial score (nSPS) is 47.0. The lowest BCUT2D eigenvalue weighted by Crippen LogP contribution is -2.49. The molecule has 19 heavy (non-hydrogen) atoms. The van der Waals surface area contributed by atoms with E-state index in [1.165, 1.54) is 5.57 Å². The van der Waals surface area contributed by atoms with Crippen molar-refractivity contribution >= 4 is 14.8 Å². The van der Waals surface area contributed by atoms with Crippen LogP contribution in [0.1, 0.15) is 38.5 Å². The topological polar surface area (TPSA) is 55.8 Å². The second-order valence-corrected chi connectivity index (χ2v) is 6.79. The lowest BCUT2D eigenvalue weighted by Gasteiger charge is -2.40. The predicted octanol–water partition coefficient (Wildman–Crippen LogP) is 2.12. The first kappa shape index (κ1) is 12.5. The van der Waals surface area contributed by atoms with Crippen molar-refractivity contribution in [3.8, 4) is 0 Å². The summed E-state index contributed by atoms with van der Waals surface area (Å²) < 4.78 is 11.4. The van der Waals surface area contributed by atoms with Gasteiger partial charge in [-0.05, 0) is 43.6 Å². The molecule has 1 heterocycles. The maximum atomic E-state index is 12.2. The van der Waals surface area contributed by atoms with Crippen molar-refractivity contribution in [3.05, 3.63) is 11.1 Å². The summed E-state index contributed by atoms with van der Waals surface area (Å²) in [6.45, 7) is 0. The number of carbonyl (C=O) groups excluding carboxylic acids is 1. The Morgan fingerprint density at radius 3 is 2.89 bits per heavy atom. The van der Waals surface area contributed by atoms with Crippen molar-refractivity contribution in [2.24, 2.45) is 11.8 Å². The van der Waals surface area contributed by atoms with Gasteiger partial charge in [0.05, 0.1) is 6.10 Å². The van der Waals surface area contributed by atoms with E-state index in [0.717, 1.165) is 37.7 Å². The Balaban J connectivity index is 1.75. The van der Waals surface area contributed by atoms with Crippen LogP contribution in [0.4, 0.5) is 0 Å². The second kappa shape index (κ2) is 4.63. The molecule has 4 rings (SSSR count). The standard InChI is InChI=1S/C14H19O4P/c15-10-5-4-7-6-11(16)13-14(18-19-17-13)12(7)9-3-1-2-8(9)10/h7,11-14,16,19H,1-6H2. The minimum Gasteiger partial charge on any atom is -0.390 e. The van der Waals surface area contributed by atoms with Gasteiger partial charge in [-0.25, -0.2) is 0 Å². The van der Waals surface area contributed by atoms with Gasteiger partial charge in [0.15, 0.2) is 14.8 Å². The first-order valence-corrected chi connectivity index (χ1v) is 8.07. The second-order valence-electron chi connectivity index (χ2n) is 6.16. The van der Waals surface area contributed by atoms with Gasteiger partial charge in [-0.15, -0.1) is 0 Å². The number of hydrogen-bond donors (Lipinski definition) is 1. The van der Waals surface area contributed by atoms with Gasteiger partial charge >= 0.3 is 0 Å². The molecule has 3 aliphatic carbocycles. The van der Waals surface area contributed by atoms with Crippen LogP contribution >= 0.6 is 9.03 Å². The molecular formula is C14H19O4P. The molecule has 0 bridgehead atoms. The minimum absolute atomic E-state index is 0.0268. The summed E-state index contributed by atoms with van der Waals surface area (Å²) in [4.78, 5) is 12.2. The highest BCUT2D eigenvalue weighted by Crippen LogP contribution is 2.52. The van der Waals surface area contributed by atoms with Crippen LogP contribution in [0.15, 0.2) is 11.1 Å². The van der Waals surface area contributed by atoms with Crippen molar-refractivity contribution in [1.82, 2.24) is 0 Å². The van der Waals surface area contributed by atoms with Crippen LogP contribution < -0.4 is 0 Å². The Morgan fingerprint density at radius 2 is 2.00 bits per heavy atom. The van der Waals surface area contributed by atoms with Crippen molar-refractivity contribution < 1.29 is 18.9 Å². The van der Waals surface area contributed by atoms with E-state index in [1.54, 1.807) is 0 Å². The van der Waals surface area contributed by atoms with Crippen LogP contribution in [-0.2, 0) is 13.8 Å². The molecule has 4 nitrogen and oxygen atoms in total. The Bertz CT molecular complexity index is 447. The number of rotatable bonds is 0. The van der Waals surface area contributed by atoms with E-state index in [4.69, 9.17) is 9.05 Å². The maximum Gasteiger partial charge on any atom is 0.158 e. The number of ketones is 1. The highest BCUT2D eigenvalue weighted by atomic mass is 31.1. The fourth-order valence-electron chi connectivity index (χ4n) is 4.41. The third-order valence-corrected chi connectivity index (χ3v) is 5.96. The summed E-state index contributed by atoms with van der Waals surface area (Å²) in [7, 11) is 0.0408. The fraction of sp³-hybridized carbons (Fsp3) is 0.786. The average Bonchev–Trinajstić information content (AvgIpc) is 3.03. The van der Waals surface area contributed by atoms with E-state index in [2.05, 4.69) is 0 Å². The van der Waals surface area contributed by atoms with Crippen LogP contribution in [-0.4, -0.2) is 29.2 Å². The van der Waals surface area contributed by atoms with Gasteiger partial charge in [-0.2, -0.15) is 0 Å². The highest BCUT2D eigenvalue weighted by molar-refractivity contribution is 7.26. The molecule has 4 aliphatic rings. The van der Waals surface area contributed by atoms with Gasteiger partial charge < -0.3 is 14.2 Å². The molecule has 0 amide bonds. The quantitative estimate of drug-likeness (QED) is 0.691. The van der Waals surface area contributed by atoms with E-state index in [0.29, 0.717) is 24.0 Å². The highest BCUT2D eigenvalue weighted by Gasteiger charge is 2.51. The van der Waals surface area contributed by atoms with Crippen LogP contribution in [0.5, 0.6) is 0 Å². The molecule has 1 saturated carbocycles. The lowest BCUT2D eigenvalue weighted by atomic mass is 9.70. The zero-order valence-electron chi connectivity index (χ0n) is 10.8. The van der Waals surface area contributed by atoms with Gasteiger partial charge in [0.1, 0.15) is 12.2 Å². The van der Waals surface area contributed by atoms with E-state index in [9.17, 15) is 9.90 Å². The van der Waals surface area contributed by atoms with Crippen LogP contribution in [0.3, 0.4) is 0 Å². The molecule has 104 valence electrons. The summed E-state index contributed by atoms with van der Waals surface area (Å²) in [5.41, 5.74) is 2.42. The van der Waals surface area contributed by atoms with Gasteiger partial charge in [0, 0.05) is 12.3 Å². The number of aliphatic hydroxyl groups excluding tert-OH is 1. The number of hydrogen-bond acceptors (Lipinski definition) is 4. The van der Waals surface area contributed by atoms with Gasteiger partial charge in [0.2, 0.25) is 0 Å². The van der Waals surface area contributed by atoms with E-state index in [1.807, 2.05) is 0 Å². The molecule has 2 fully saturated rings. The zero-order chi connectivity index (χ0) is 13.0. The first-order valence-electron chi connectivity index (χ1n) is 7.25. The van der Waals surface area contributed by atoms with Crippen LogP contribution in [0, 0.1) is 11.8 Å². The molecule has 1 saturated heterocycles. The molecule has 0 aromatic heterocycles. The maximum absolute atomic E-state index is 12.2. The van der Waals surface area contributed by atoms with E-state index < -0.39 is 6.10 Å². The Labute approximate surface area is 114 Å². The predicted molar refractivity (Wildman–Crippen MR) is 70.8 cm³/mol. The Kier molecular flexibility index (Phi) is 3.03. The number of fused-ring (bicyclic) bond motifs is 4. The third-order valence-electron chi connectivity index (χ3n) is 5.22. The fourth-order valence-corrected chi connectivity index (χ4v) is 5.26. The zero-order valence-corrected chi connectivity index (χ0v) is 11.8. The van der Waals surface area contributed by atoms with E-state index >= 15 is 0 Å². The molecule has 6 atom stereocenters. The number of allylic oxidation sites excluding steroid dienone is 1. The molecule has 5 heteroatoms. The lowest BCUT2D eigenvalue weighted by molar-refractivity contribution is -0.116. The Morgan fingerprint density at radius 1 is 1.16 bits per heavy atom. The number of Topliss-reactive ketones (excluding diaryl/α,β-unsaturated/α-hetero) is 1. The SMILES string of the molecule is O=C1CCC2CC(O)C3OPOC3C2C2=C1CCC2. The van der Waals surface area contributed by atoms with Gasteiger partial charge in [0.25, 0.3) is 0 Å². The molecule has 0 aromatic rings. The molecule has 0 spiro atoms. The van der Waals surface area contributed by atoms with Crippen molar-refractivity contribution in [2.45, 2.75) is 56.8 Å². The smallest absolute Gasteiger partial charge is 0.158 e.